The molecule has 1 aliphatic rings. The first-order valence-electron chi connectivity index (χ1n) is 7.69. The molecule has 0 aliphatic carbocycles. The number of ether oxygens (including phenoxy) is 1. The Morgan fingerprint density at radius 1 is 1.52 bits per heavy atom. The van der Waals surface area contributed by atoms with E-state index in [1.54, 1.807) is 12.3 Å². The summed E-state index contributed by atoms with van der Waals surface area (Å²) in [6, 6.07) is 3.69. The molecule has 2 heterocycles. The minimum Gasteiger partial charge on any atom is -0.465 e. The lowest BCUT2D eigenvalue weighted by atomic mass is 9.99. The van der Waals surface area contributed by atoms with E-state index in [9.17, 15) is 4.79 Å². The number of carbonyl (C=O) groups excluding carboxylic acids is 1. The fourth-order valence-corrected chi connectivity index (χ4v) is 2.74. The third kappa shape index (κ3) is 4.79. The van der Waals surface area contributed by atoms with Gasteiger partial charge in [-0.15, -0.1) is 0 Å². The van der Waals surface area contributed by atoms with Gasteiger partial charge in [0.2, 0.25) is 0 Å². The van der Waals surface area contributed by atoms with E-state index >= 15 is 0 Å². The van der Waals surface area contributed by atoms with Gasteiger partial charge in [0.1, 0.15) is 0 Å². The number of pyridine rings is 1. The number of carbonyl (C=O) groups is 1. The lowest BCUT2D eigenvalue weighted by Crippen LogP contribution is -2.38. The first-order valence-corrected chi connectivity index (χ1v) is 7.69. The lowest BCUT2D eigenvalue weighted by molar-refractivity contribution is 0.0600. The Labute approximate surface area is 126 Å². The van der Waals surface area contributed by atoms with Crippen LogP contribution in [-0.2, 0) is 11.3 Å². The summed E-state index contributed by atoms with van der Waals surface area (Å²) in [5.74, 6) is 0.391. The highest BCUT2D eigenvalue weighted by atomic mass is 16.5. The maximum absolute atomic E-state index is 11.4. The number of rotatable bonds is 6. The zero-order valence-electron chi connectivity index (χ0n) is 13.0. The van der Waals surface area contributed by atoms with Crippen LogP contribution in [0.25, 0.3) is 0 Å². The maximum Gasteiger partial charge on any atom is 0.339 e. The van der Waals surface area contributed by atoms with Gasteiger partial charge < -0.3 is 10.1 Å². The number of hydrogen-bond donors (Lipinski definition) is 1. The highest BCUT2D eigenvalue weighted by Gasteiger charge is 2.16. The molecule has 1 atom stereocenters. The molecular weight excluding hydrogens is 266 g/mol. The van der Waals surface area contributed by atoms with Crippen molar-refractivity contribution in [1.82, 2.24) is 15.2 Å². The lowest BCUT2D eigenvalue weighted by Gasteiger charge is -2.29. The standard InChI is InChI=1S/C16H25N3O2/c1-3-19(11-13-5-4-8-17-9-13)12-15-7-6-14(10-18-15)16(20)21-2/h6-7,10,13,17H,3-5,8-9,11-12H2,1-2H3. The number of aromatic nitrogens is 1. The van der Waals surface area contributed by atoms with Gasteiger partial charge in [0.15, 0.2) is 0 Å². The number of nitrogens with zero attached hydrogens (tertiary/aromatic N) is 2. The summed E-state index contributed by atoms with van der Waals surface area (Å²) in [6.45, 7) is 7.39. The Bertz CT molecular complexity index is 441. The second-order valence-electron chi connectivity index (χ2n) is 5.57. The van der Waals surface area contributed by atoms with Crippen molar-refractivity contribution in [1.29, 1.82) is 0 Å². The predicted molar refractivity (Wildman–Crippen MR) is 82.1 cm³/mol. The van der Waals surface area contributed by atoms with E-state index in [2.05, 4.69) is 26.9 Å². The van der Waals surface area contributed by atoms with Crippen LogP contribution in [0.15, 0.2) is 18.3 Å². The van der Waals surface area contributed by atoms with Gasteiger partial charge in [0.25, 0.3) is 0 Å². The van der Waals surface area contributed by atoms with Gasteiger partial charge in [0, 0.05) is 19.3 Å². The maximum atomic E-state index is 11.4. The molecule has 0 aromatic carbocycles. The van der Waals surface area contributed by atoms with Gasteiger partial charge in [-0.2, -0.15) is 0 Å². The van der Waals surface area contributed by atoms with Crippen LogP contribution >= 0.6 is 0 Å². The molecule has 1 aromatic heterocycles. The highest BCUT2D eigenvalue weighted by Crippen LogP contribution is 2.13. The summed E-state index contributed by atoms with van der Waals surface area (Å²) in [5.41, 5.74) is 1.49. The molecule has 116 valence electrons. The molecular formula is C16H25N3O2. The first-order chi connectivity index (χ1) is 10.2. The van der Waals surface area contributed by atoms with E-state index in [1.165, 1.54) is 20.0 Å². The molecule has 21 heavy (non-hydrogen) atoms. The predicted octanol–water partition coefficient (Wildman–Crippen LogP) is 1.69. The third-order valence-corrected chi connectivity index (χ3v) is 3.99. The van der Waals surface area contributed by atoms with Crippen molar-refractivity contribution in [2.45, 2.75) is 26.3 Å². The van der Waals surface area contributed by atoms with Crippen molar-refractivity contribution < 1.29 is 9.53 Å². The molecule has 1 fully saturated rings. The summed E-state index contributed by atoms with van der Waals surface area (Å²) in [4.78, 5) is 18.2. The first kappa shape index (κ1) is 15.9. The Morgan fingerprint density at radius 3 is 2.95 bits per heavy atom. The van der Waals surface area contributed by atoms with Crippen LogP contribution in [0.2, 0.25) is 0 Å². The molecule has 0 radical (unpaired) electrons. The van der Waals surface area contributed by atoms with Gasteiger partial charge in [-0.25, -0.2) is 4.79 Å². The SMILES string of the molecule is CCN(Cc1ccc(C(=O)OC)cn1)CC1CCCNC1. The minimum atomic E-state index is -0.338. The van der Waals surface area contributed by atoms with E-state index in [4.69, 9.17) is 0 Å². The summed E-state index contributed by atoms with van der Waals surface area (Å²) in [5, 5.41) is 3.46. The van der Waals surface area contributed by atoms with Crippen LogP contribution in [0.3, 0.4) is 0 Å². The summed E-state index contributed by atoms with van der Waals surface area (Å²) in [7, 11) is 1.38. The van der Waals surface area contributed by atoms with Gasteiger partial charge >= 0.3 is 5.97 Å². The van der Waals surface area contributed by atoms with Crippen LogP contribution in [0, 0.1) is 5.92 Å². The topological polar surface area (TPSA) is 54.5 Å². The number of hydrogen-bond acceptors (Lipinski definition) is 5. The fourth-order valence-electron chi connectivity index (χ4n) is 2.74. The van der Waals surface area contributed by atoms with Crippen molar-refractivity contribution in [3.8, 4) is 0 Å². The van der Waals surface area contributed by atoms with Crippen molar-refractivity contribution >= 4 is 5.97 Å². The molecule has 1 unspecified atom stereocenters. The smallest absolute Gasteiger partial charge is 0.339 e. The van der Waals surface area contributed by atoms with Gasteiger partial charge in [0.05, 0.1) is 18.4 Å². The highest BCUT2D eigenvalue weighted by molar-refractivity contribution is 5.88. The molecule has 0 bridgehead atoms. The largest absolute Gasteiger partial charge is 0.465 e. The zero-order valence-corrected chi connectivity index (χ0v) is 13.0. The summed E-state index contributed by atoms with van der Waals surface area (Å²) < 4.78 is 4.68. The fraction of sp³-hybridized carbons (Fsp3) is 0.625. The van der Waals surface area contributed by atoms with Crippen LogP contribution in [0.4, 0.5) is 0 Å². The number of piperidine rings is 1. The Morgan fingerprint density at radius 2 is 2.38 bits per heavy atom. The molecule has 0 saturated carbocycles. The molecule has 5 nitrogen and oxygen atoms in total. The van der Waals surface area contributed by atoms with E-state index in [-0.39, 0.29) is 5.97 Å². The number of esters is 1. The van der Waals surface area contributed by atoms with E-state index in [1.807, 2.05) is 6.07 Å². The van der Waals surface area contributed by atoms with Gasteiger partial charge in [-0.05, 0) is 50.5 Å². The average Bonchev–Trinajstić information content (AvgIpc) is 2.55. The van der Waals surface area contributed by atoms with Crippen molar-refractivity contribution in [2.75, 3.05) is 33.3 Å². The molecule has 0 amide bonds. The molecule has 0 spiro atoms. The minimum absolute atomic E-state index is 0.338. The Kier molecular flexibility index (Phi) is 6.14. The van der Waals surface area contributed by atoms with Gasteiger partial charge in [-0.3, -0.25) is 9.88 Å². The molecule has 1 N–H and O–H groups in total. The molecule has 5 heteroatoms. The molecule has 2 rings (SSSR count). The Hall–Kier alpha value is -1.46. The summed E-state index contributed by atoms with van der Waals surface area (Å²) >= 11 is 0. The Balaban J connectivity index is 1.89. The monoisotopic (exact) mass is 291 g/mol. The summed E-state index contributed by atoms with van der Waals surface area (Å²) in [6.07, 6.45) is 4.17. The molecule has 1 aromatic rings. The van der Waals surface area contributed by atoms with E-state index in [0.29, 0.717) is 5.56 Å². The molecule has 1 saturated heterocycles. The second kappa shape index (κ2) is 8.10. The van der Waals surface area contributed by atoms with E-state index in [0.717, 1.165) is 44.3 Å². The van der Waals surface area contributed by atoms with Crippen molar-refractivity contribution in [3.63, 3.8) is 0 Å². The third-order valence-electron chi connectivity index (χ3n) is 3.99. The molecule has 1 aliphatic heterocycles. The van der Waals surface area contributed by atoms with Crippen LogP contribution in [-0.4, -0.2) is 49.1 Å². The van der Waals surface area contributed by atoms with Crippen molar-refractivity contribution in [3.05, 3.63) is 29.6 Å². The van der Waals surface area contributed by atoms with E-state index < -0.39 is 0 Å². The normalized spacial score (nSPS) is 18.7. The second-order valence-corrected chi connectivity index (χ2v) is 5.57. The van der Waals surface area contributed by atoms with Crippen LogP contribution < -0.4 is 5.32 Å². The van der Waals surface area contributed by atoms with Crippen LogP contribution in [0.1, 0.15) is 35.8 Å². The zero-order chi connectivity index (χ0) is 15.1. The quantitative estimate of drug-likeness (QED) is 0.808. The average molecular weight is 291 g/mol. The van der Waals surface area contributed by atoms with Crippen LogP contribution in [0.5, 0.6) is 0 Å². The number of nitrogens with one attached hydrogen (secondary N) is 1. The van der Waals surface area contributed by atoms with Crippen molar-refractivity contribution in [2.24, 2.45) is 5.92 Å². The number of methoxy groups -OCH3 is 1. The van der Waals surface area contributed by atoms with Gasteiger partial charge in [-0.1, -0.05) is 6.92 Å².